The van der Waals surface area contributed by atoms with Gasteiger partial charge in [-0.2, -0.15) is 5.10 Å². The minimum absolute atomic E-state index is 0.751. The Labute approximate surface area is 193 Å². The van der Waals surface area contributed by atoms with E-state index in [1.807, 2.05) is 93.3 Å². The molecule has 0 bridgehead atoms. The predicted molar refractivity (Wildman–Crippen MR) is 130 cm³/mol. The summed E-state index contributed by atoms with van der Waals surface area (Å²) in [6, 6.07) is 22.0. The van der Waals surface area contributed by atoms with E-state index in [1.54, 1.807) is 6.20 Å². The van der Waals surface area contributed by atoms with Crippen LogP contribution in [-0.2, 0) is 7.05 Å². The fraction of sp³-hybridized carbons (Fsp3) is 0.148. The van der Waals surface area contributed by atoms with Crippen LogP contribution < -0.4 is 4.74 Å². The molecule has 0 N–H and O–H groups in total. The number of hydrogen-bond donors (Lipinski definition) is 0. The summed E-state index contributed by atoms with van der Waals surface area (Å²) in [7, 11) is 2.03. The number of imidazole rings is 1. The molecule has 0 amide bonds. The molecule has 0 saturated carbocycles. The number of aromatic nitrogens is 5. The van der Waals surface area contributed by atoms with E-state index < -0.39 is 0 Å². The second-order valence-corrected chi connectivity index (χ2v) is 8.14. The number of nitrogens with zero attached hydrogens (tertiary/aromatic N) is 5. The molecular weight excluding hydrogens is 410 g/mol. The minimum Gasteiger partial charge on any atom is -0.457 e. The smallest absolute Gasteiger partial charge is 0.140 e. The van der Waals surface area contributed by atoms with Gasteiger partial charge >= 0.3 is 0 Å². The molecule has 0 spiro atoms. The summed E-state index contributed by atoms with van der Waals surface area (Å²) in [4.78, 5) is 9.09. The van der Waals surface area contributed by atoms with Gasteiger partial charge in [0.2, 0.25) is 0 Å². The van der Waals surface area contributed by atoms with Crippen LogP contribution in [0.2, 0.25) is 0 Å². The van der Waals surface area contributed by atoms with Crippen LogP contribution in [0.15, 0.2) is 79.1 Å². The number of rotatable bonds is 5. The summed E-state index contributed by atoms with van der Waals surface area (Å²) in [5.74, 6) is 2.39. The van der Waals surface area contributed by atoms with Gasteiger partial charge in [0.05, 0.1) is 22.8 Å². The number of aryl methyl sites for hydroxylation is 3. The van der Waals surface area contributed by atoms with Gasteiger partial charge in [-0.3, -0.25) is 4.98 Å². The lowest BCUT2D eigenvalue weighted by Crippen LogP contribution is -1.99. The zero-order valence-corrected chi connectivity index (χ0v) is 19.1. The first-order valence-corrected chi connectivity index (χ1v) is 10.9. The van der Waals surface area contributed by atoms with Crippen molar-refractivity contribution in [2.24, 2.45) is 7.05 Å². The molecule has 0 aliphatic carbocycles. The van der Waals surface area contributed by atoms with E-state index in [2.05, 4.69) is 26.8 Å². The minimum atomic E-state index is 0.751. The third-order valence-corrected chi connectivity index (χ3v) is 5.60. The Morgan fingerprint density at radius 2 is 1.58 bits per heavy atom. The Kier molecular flexibility index (Phi) is 5.26. The van der Waals surface area contributed by atoms with Crippen LogP contribution in [0.1, 0.15) is 17.1 Å². The highest BCUT2D eigenvalue weighted by Crippen LogP contribution is 2.31. The second-order valence-electron chi connectivity index (χ2n) is 8.14. The summed E-state index contributed by atoms with van der Waals surface area (Å²) in [6.45, 7) is 6.07. The number of hydrogen-bond acceptors (Lipinski definition) is 4. The van der Waals surface area contributed by atoms with Crippen molar-refractivity contribution in [3.63, 3.8) is 0 Å². The highest BCUT2D eigenvalue weighted by Gasteiger charge is 2.15. The lowest BCUT2D eigenvalue weighted by atomic mass is 10.2. The van der Waals surface area contributed by atoms with E-state index in [9.17, 15) is 0 Å². The quantitative estimate of drug-likeness (QED) is 0.337. The largest absolute Gasteiger partial charge is 0.457 e. The number of benzene rings is 2. The molecular formula is C27H25N5O. The molecule has 3 aromatic heterocycles. The highest BCUT2D eigenvalue weighted by molar-refractivity contribution is 5.68. The highest BCUT2D eigenvalue weighted by atomic mass is 16.5. The van der Waals surface area contributed by atoms with Crippen LogP contribution in [0.4, 0.5) is 0 Å². The van der Waals surface area contributed by atoms with Crippen molar-refractivity contribution >= 4 is 0 Å². The molecule has 0 radical (unpaired) electrons. The number of ether oxygens (including phenoxy) is 1. The molecule has 0 saturated heterocycles. The van der Waals surface area contributed by atoms with Crippen LogP contribution in [-0.4, -0.2) is 24.3 Å². The summed E-state index contributed by atoms with van der Waals surface area (Å²) >= 11 is 0. The summed E-state index contributed by atoms with van der Waals surface area (Å²) in [5, 5.41) is 4.57. The van der Waals surface area contributed by atoms with Gasteiger partial charge in [-0.15, -0.1) is 0 Å². The van der Waals surface area contributed by atoms with Gasteiger partial charge in [0.1, 0.15) is 17.3 Å². The van der Waals surface area contributed by atoms with Crippen molar-refractivity contribution in [3.8, 4) is 39.8 Å². The van der Waals surface area contributed by atoms with Crippen LogP contribution in [0.25, 0.3) is 28.3 Å². The fourth-order valence-corrected chi connectivity index (χ4v) is 4.20. The molecule has 0 fully saturated rings. The standard InChI is InChI=1S/C27H25N5O/c1-18-14-19(2)32(30-18)23-10-6-12-25(16-23)33-24-11-5-8-21(15-24)27-29-20(3)26(31(27)4)22-9-7-13-28-17-22/h5-17H,1-4H3. The molecule has 6 heteroatoms. The molecule has 164 valence electrons. The Morgan fingerprint density at radius 1 is 0.818 bits per heavy atom. The normalized spacial score (nSPS) is 11.0. The first-order valence-electron chi connectivity index (χ1n) is 10.9. The maximum absolute atomic E-state index is 6.22. The van der Waals surface area contributed by atoms with Crippen molar-refractivity contribution in [2.45, 2.75) is 20.8 Å². The Bertz CT molecular complexity index is 1430. The average Bonchev–Trinajstić information content (AvgIpc) is 3.31. The summed E-state index contributed by atoms with van der Waals surface area (Å²) in [6.07, 6.45) is 3.64. The topological polar surface area (TPSA) is 57.8 Å². The van der Waals surface area contributed by atoms with Crippen molar-refractivity contribution in [1.82, 2.24) is 24.3 Å². The van der Waals surface area contributed by atoms with E-state index in [0.29, 0.717) is 0 Å². The van der Waals surface area contributed by atoms with Gasteiger partial charge in [-0.05, 0) is 63.2 Å². The molecule has 2 aromatic carbocycles. The van der Waals surface area contributed by atoms with Gasteiger partial charge < -0.3 is 9.30 Å². The molecule has 0 aliphatic rings. The molecule has 5 rings (SSSR count). The van der Waals surface area contributed by atoms with Crippen LogP contribution in [0.3, 0.4) is 0 Å². The van der Waals surface area contributed by atoms with Crippen LogP contribution in [0.5, 0.6) is 11.5 Å². The van der Waals surface area contributed by atoms with Gasteiger partial charge in [-0.25, -0.2) is 9.67 Å². The molecule has 5 aromatic rings. The lowest BCUT2D eigenvalue weighted by molar-refractivity contribution is 0.482. The lowest BCUT2D eigenvalue weighted by Gasteiger charge is -2.11. The van der Waals surface area contributed by atoms with Crippen molar-refractivity contribution < 1.29 is 4.74 Å². The van der Waals surface area contributed by atoms with E-state index in [1.165, 1.54) is 0 Å². The van der Waals surface area contributed by atoms with Gasteiger partial charge in [0.15, 0.2) is 0 Å². The third-order valence-electron chi connectivity index (χ3n) is 5.60. The summed E-state index contributed by atoms with van der Waals surface area (Å²) < 4.78 is 10.3. The second kappa shape index (κ2) is 8.39. The molecule has 33 heavy (non-hydrogen) atoms. The Balaban J connectivity index is 1.46. The van der Waals surface area contributed by atoms with E-state index >= 15 is 0 Å². The third kappa shape index (κ3) is 4.03. The first-order chi connectivity index (χ1) is 16.0. The molecule has 6 nitrogen and oxygen atoms in total. The monoisotopic (exact) mass is 435 g/mol. The van der Waals surface area contributed by atoms with Gasteiger partial charge in [0, 0.05) is 42.3 Å². The van der Waals surface area contributed by atoms with Crippen molar-refractivity contribution in [2.75, 3.05) is 0 Å². The van der Waals surface area contributed by atoms with Crippen LogP contribution in [0, 0.1) is 20.8 Å². The fourth-order valence-electron chi connectivity index (χ4n) is 4.20. The Hall–Kier alpha value is -4.19. The molecule has 3 heterocycles. The maximum atomic E-state index is 6.22. The zero-order chi connectivity index (χ0) is 22.9. The van der Waals surface area contributed by atoms with Gasteiger partial charge in [-0.1, -0.05) is 18.2 Å². The average molecular weight is 436 g/mol. The van der Waals surface area contributed by atoms with E-state index in [0.717, 1.165) is 56.9 Å². The van der Waals surface area contributed by atoms with Gasteiger partial charge in [0.25, 0.3) is 0 Å². The number of pyridine rings is 1. The van der Waals surface area contributed by atoms with Crippen molar-refractivity contribution in [3.05, 3.63) is 96.2 Å². The van der Waals surface area contributed by atoms with Crippen molar-refractivity contribution in [1.29, 1.82) is 0 Å². The molecule has 0 unspecified atom stereocenters. The van der Waals surface area contributed by atoms with E-state index in [4.69, 9.17) is 9.72 Å². The molecule has 0 atom stereocenters. The molecule has 0 aliphatic heterocycles. The Morgan fingerprint density at radius 3 is 2.30 bits per heavy atom. The predicted octanol–water partition coefficient (Wildman–Crippen LogP) is 6.05. The van der Waals surface area contributed by atoms with E-state index in [-0.39, 0.29) is 0 Å². The first kappa shape index (κ1) is 20.7. The maximum Gasteiger partial charge on any atom is 0.140 e. The zero-order valence-electron chi connectivity index (χ0n) is 19.1. The summed E-state index contributed by atoms with van der Waals surface area (Å²) in [5.41, 5.74) is 7.10. The van der Waals surface area contributed by atoms with Crippen LogP contribution >= 0.6 is 0 Å². The SMILES string of the molecule is Cc1cc(C)n(-c2cccc(Oc3cccc(-c4nc(C)c(-c5cccnc5)n4C)c3)c2)n1.